The fraction of sp³-hybridized carbons (Fsp3) is 0.154. The van der Waals surface area contributed by atoms with Crippen LogP contribution in [0.25, 0.3) is 11.0 Å². The van der Waals surface area contributed by atoms with E-state index in [1.807, 2.05) is 0 Å². The lowest BCUT2D eigenvalue weighted by atomic mass is 10.2. The monoisotopic (exact) mass is 334 g/mol. The van der Waals surface area contributed by atoms with Gasteiger partial charge >= 0.3 is 11.4 Å². The first-order chi connectivity index (χ1) is 10.9. The molecule has 1 N–H and O–H groups in total. The Morgan fingerprint density at radius 1 is 1.22 bits per heavy atom. The normalized spacial score (nSPS) is 10.9. The number of anilines is 2. The third-order valence-corrected chi connectivity index (χ3v) is 3.77. The molecule has 0 spiro atoms. The van der Waals surface area contributed by atoms with E-state index in [0.717, 1.165) is 11.8 Å². The van der Waals surface area contributed by atoms with Gasteiger partial charge in [0.15, 0.2) is 0 Å². The van der Waals surface area contributed by atoms with Crippen LogP contribution in [0.5, 0.6) is 0 Å². The first kappa shape index (κ1) is 15.0. The molecule has 0 radical (unpaired) electrons. The van der Waals surface area contributed by atoms with Gasteiger partial charge in [-0.15, -0.1) is 0 Å². The van der Waals surface area contributed by atoms with Crippen molar-refractivity contribution in [3.8, 4) is 0 Å². The van der Waals surface area contributed by atoms with Crippen LogP contribution < -0.4 is 11.0 Å². The molecule has 2 aromatic heterocycles. The molecule has 0 bridgehead atoms. The first-order valence-corrected chi connectivity index (χ1v) is 6.85. The third kappa shape index (κ3) is 2.40. The van der Waals surface area contributed by atoms with Crippen molar-refractivity contribution in [3.05, 3.63) is 50.3 Å². The molecule has 23 heavy (non-hydrogen) atoms. The van der Waals surface area contributed by atoms with Gasteiger partial charge in [0, 0.05) is 19.8 Å². The molecule has 0 aliphatic carbocycles. The summed E-state index contributed by atoms with van der Waals surface area (Å²) in [5.74, 6) is -0.0183. The predicted molar refractivity (Wildman–Crippen MR) is 85.1 cm³/mol. The highest BCUT2D eigenvalue weighted by atomic mass is 35.5. The summed E-state index contributed by atoms with van der Waals surface area (Å²) >= 11 is 5.75. The van der Waals surface area contributed by atoms with Crippen LogP contribution in [0, 0.1) is 10.1 Å². The van der Waals surface area contributed by atoms with Gasteiger partial charge in [0.2, 0.25) is 11.0 Å². The Hall–Kier alpha value is -2.94. The molecule has 10 heteroatoms. The first-order valence-electron chi connectivity index (χ1n) is 6.47. The number of aryl methyl sites for hydroxylation is 2. The van der Waals surface area contributed by atoms with E-state index in [-0.39, 0.29) is 16.7 Å². The van der Waals surface area contributed by atoms with Gasteiger partial charge in [-0.3, -0.25) is 19.2 Å². The molecule has 0 aliphatic heterocycles. The van der Waals surface area contributed by atoms with Crippen molar-refractivity contribution in [2.24, 2.45) is 14.1 Å². The van der Waals surface area contributed by atoms with Gasteiger partial charge in [0.05, 0.1) is 16.0 Å². The van der Waals surface area contributed by atoms with E-state index >= 15 is 0 Å². The number of benzene rings is 1. The summed E-state index contributed by atoms with van der Waals surface area (Å²) in [6, 6.07) is 5.14. The molecular weight excluding hydrogens is 324 g/mol. The molecule has 0 amide bonds. The SMILES string of the molecule is Cn1c(=O)n(C)c2cc(Nc3ncnc(Cl)c3[N+](=O)[O-])ccc21. The minimum Gasteiger partial charge on any atom is -0.334 e. The standard InChI is InChI=1S/C13H11ClN6O3/c1-18-8-4-3-7(5-9(8)19(2)13(18)21)17-12-10(20(22)23)11(14)15-6-16-12/h3-6H,1-2H3,(H,15,16,17). The van der Waals surface area contributed by atoms with Crippen LogP contribution in [0.4, 0.5) is 17.2 Å². The highest BCUT2D eigenvalue weighted by Crippen LogP contribution is 2.31. The van der Waals surface area contributed by atoms with Gasteiger partial charge in [-0.25, -0.2) is 14.8 Å². The Labute approximate surface area is 134 Å². The molecule has 3 aromatic rings. The van der Waals surface area contributed by atoms with Gasteiger partial charge in [-0.1, -0.05) is 11.6 Å². The minimum absolute atomic E-state index is 0.0183. The Balaban J connectivity index is 2.10. The molecule has 0 saturated heterocycles. The van der Waals surface area contributed by atoms with E-state index in [1.54, 1.807) is 32.3 Å². The molecule has 0 aliphatic rings. The number of aromatic nitrogens is 4. The quantitative estimate of drug-likeness (QED) is 0.445. The van der Waals surface area contributed by atoms with Crippen LogP contribution in [0.3, 0.4) is 0 Å². The highest BCUT2D eigenvalue weighted by Gasteiger charge is 2.21. The number of fused-ring (bicyclic) bond motifs is 1. The molecule has 9 nitrogen and oxygen atoms in total. The van der Waals surface area contributed by atoms with Crippen molar-refractivity contribution in [1.29, 1.82) is 0 Å². The smallest absolute Gasteiger partial charge is 0.334 e. The molecule has 118 valence electrons. The molecular formula is C13H11ClN6O3. The van der Waals surface area contributed by atoms with Gasteiger partial charge < -0.3 is 5.32 Å². The highest BCUT2D eigenvalue weighted by molar-refractivity contribution is 6.31. The second-order valence-electron chi connectivity index (χ2n) is 4.85. The van der Waals surface area contributed by atoms with Crippen LogP contribution in [0.2, 0.25) is 5.15 Å². The van der Waals surface area contributed by atoms with Crippen molar-refractivity contribution < 1.29 is 4.92 Å². The predicted octanol–water partition coefficient (Wildman–Crippen LogP) is 1.97. The van der Waals surface area contributed by atoms with Crippen molar-refractivity contribution in [3.63, 3.8) is 0 Å². The van der Waals surface area contributed by atoms with Crippen molar-refractivity contribution in [1.82, 2.24) is 19.1 Å². The maximum Gasteiger partial charge on any atom is 0.348 e. The van der Waals surface area contributed by atoms with Crippen LogP contribution in [-0.4, -0.2) is 24.0 Å². The Morgan fingerprint density at radius 2 is 1.91 bits per heavy atom. The van der Waals surface area contributed by atoms with Crippen molar-refractivity contribution >= 4 is 39.8 Å². The summed E-state index contributed by atoms with van der Waals surface area (Å²) in [5.41, 5.74) is 1.41. The summed E-state index contributed by atoms with van der Waals surface area (Å²) in [6.07, 6.45) is 1.13. The Morgan fingerprint density at radius 3 is 2.61 bits per heavy atom. The van der Waals surface area contributed by atoms with Crippen LogP contribution in [0.1, 0.15) is 0 Å². The van der Waals surface area contributed by atoms with Crippen LogP contribution >= 0.6 is 11.6 Å². The fourth-order valence-corrected chi connectivity index (χ4v) is 2.53. The lowest BCUT2D eigenvalue weighted by Crippen LogP contribution is -2.19. The average molecular weight is 335 g/mol. The Bertz CT molecular complexity index is 993. The van der Waals surface area contributed by atoms with Crippen LogP contribution in [0.15, 0.2) is 29.3 Å². The number of halogens is 1. The summed E-state index contributed by atoms with van der Waals surface area (Å²) in [5, 5.41) is 13.7. The molecule has 0 saturated carbocycles. The topological polar surface area (TPSA) is 108 Å². The summed E-state index contributed by atoms with van der Waals surface area (Å²) < 4.78 is 3.00. The van der Waals surface area contributed by atoms with E-state index in [2.05, 4.69) is 15.3 Å². The summed E-state index contributed by atoms with van der Waals surface area (Å²) in [7, 11) is 3.32. The summed E-state index contributed by atoms with van der Waals surface area (Å²) in [4.78, 5) is 29.8. The van der Waals surface area contributed by atoms with E-state index in [4.69, 9.17) is 11.6 Å². The molecule has 0 unspecified atom stereocenters. The van der Waals surface area contributed by atoms with Gasteiger partial charge in [-0.2, -0.15) is 0 Å². The van der Waals surface area contributed by atoms with Crippen LogP contribution in [-0.2, 0) is 14.1 Å². The second-order valence-corrected chi connectivity index (χ2v) is 5.21. The molecule has 0 atom stereocenters. The van der Waals surface area contributed by atoms with E-state index in [1.165, 1.54) is 9.13 Å². The number of nitrogens with zero attached hydrogens (tertiary/aromatic N) is 5. The van der Waals surface area contributed by atoms with Crippen molar-refractivity contribution in [2.45, 2.75) is 0 Å². The number of nitro groups is 1. The lowest BCUT2D eigenvalue weighted by Gasteiger charge is -2.07. The fourth-order valence-electron chi connectivity index (χ4n) is 2.33. The van der Waals surface area contributed by atoms with Gasteiger partial charge in [0.1, 0.15) is 6.33 Å². The summed E-state index contributed by atoms with van der Waals surface area (Å²) in [6.45, 7) is 0. The number of nitrogens with one attached hydrogen (secondary N) is 1. The number of hydrogen-bond donors (Lipinski definition) is 1. The Kier molecular flexibility index (Phi) is 3.49. The molecule has 1 aromatic carbocycles. The van der Waals surface area contributed by atoms with E-state index in [9.17, 15) is 14.9 Å². The molecule has 2 heterocycles. The zero-order valence-corrected chi connectivity index (χ0v) is 12.9. The largest absolute Gasteiger partial charge is 0.348 e. The molecule has 0 fully saturated rings. The van der Waals surface area contributed by atoms with E-state index in [0.29, 0.717) is 11.2 Å². The van der Waals surface area contributed by atoms with Gasteiger partial charge in [-0.05, 0) is 18.2 Å². The lowest BCUT2D eigenvalue weighted by molar-refractivity contribution is -0.384. The average Bonchev–Trinajstić information content (AvgIpc) is 2.72. The van der Waals surface area contributed by atoms with Crippen molar-refractivity contribution in [2.75, 3.05) is 5.32 Å². The zero-order valence-electron chi connectivity index (χ0n) is 12.1. The number of hydrogen-bond acceptors (Lipinski definition) is 6. The van der Waals surface area contributed by atoms with Gasteiger partial charge in [0.25, 0.3) is 0 Å². The van der Waals surface area contributed by atoms with E-state index < -0.39 is 10.6 Å². The maximum absolute atomic E-state index is 11.9. The third-order valence-electron chi connectivity index (χ3n) is 3.49. The number of rotatable bonds is 3. The zero-order chi connectivity index (χ0) is 16.7. The maximum atomic E-state index is 11.9. The molecule has 3 rings (SSSR count). The second kappa shape index (κ2) is 5.36. The minimum atomic E-state index is -0.651. The number of imidazole rings is 1.